The molecule has 0 heterocycles. The molecule has 0 aliphatic heterocycles. The van der Waals surface area contributed by atoms with Crippen LogP contribution in [-0.4, -0.2) is 31.2 Å². The van der Waals surface area contributed by atoms with Crippen molar-refractivity contribution in [3.05, 3.63) is 0 Å². The van der Waals surface area contributed by atoms with Gasteiger partial charge in [0.1, 0.15) is 0 Å². The number of nitrogens with one attached hydrogen (secondary N) is 1. The zero-order valence-corrected chi connectivity index (χ0v) is 11.8. The fraction of sp³-hybridized carbons (Fsp3) is 0.929. The molecule has 4 heteroatoms. The summed E-state index contributed by atoms with van der Waals surface area (Å²) in [6.07, 6.45) is 7.35. The molecule has 0 saturated heterocycles. The molecule has 1 amide bonds. The van der Waals surface area contributed by atoms with E-state index in [-0.39, 0.29) is 11.9 Å². The smallest absolute Gasteiger partial charge is 0.237 e. The number of ether oxygens (including phenoxy) is 1. The van der Waals surface area contributed by atoms with E-state index in [1.54, 1.807) is 0 Å². The van der Waals surface area contributed by atoms with Crippen LogP contribution in [0.5, 0.6) is 0 Å². The lowest BCUT2D eigenvalue weighted by Crippen LogP contribution is -2.42. The molecule has 1 rings (SSSR count). The minimum Gasteiger partial charge on any atom is -0.376 e. The predicted molar refractivity (Wildman–Crippen MR) is 73.3 cm³/mol. The van der Waals surface area contributed by atoms with Gasteiger partial charge in [0, 0.05) is 6.54 Å². The molecule has 1 atom stereocenters. The van der Waals surface area contributed by atoms with Crippen molar-refractivity contribution in [2.75, 3.05) is 13.2 Å². The molecule has 18 heavy (non-hydrogen) atoms. The normalized spacial score (nSPS) is 18.9. The monoisotopic (exact) mass is 256 g/mol. The molecule has 1 saturated carbocycles. The summed E-state index contributed by atoms with van der Waals surface area (Å²) in [6.45, 7) is 5.31. The van der Waals surface area contributed by atoms with Crippen LogP contribution >= 0.6 is 0 Å². The Hall–Kier alpha value is -0.610. The highest BCUT2D eigenvalue weighted by Crippen LogP contribution is 2.19. The third kappa shape index (κ3) is 6.36. The summed E-state index contributed by atoms with van der Waals surface area (Å²) in [5, 5.41) is 2.84. The quantitative estimate of drug-likeness (QED) is 0.683. The summed E-state index contributed by atoms with van der Waals surface area (Å²) >= 11 is 0. The zero-order chi connectivity index (χ0) is 13.4. The van der Waals surface area contributed by atoms with Crippen LogP contribution in [0.1, 0.15) is 52.4 Å². The van der Waals surface area contributed by atoms with Gasteiger partial charge >= 0.3 is 0 Å². The second-order valence-electron chi connectivity index (χ2n) is 5.66. The largest absolute Gasteiger partial charge is 0.376 e. The van der Waals surface area contributed by atoms with Crippen molar-refractivity contribution in [1.29, 1.82) is 0 Å². The second-order valence-corrected chi connectivity index (χ2v) is 5.66. The van der Waals surface area contributed by atoms with Gasteiger partial charge in [-0.1, -0.05) is 33.1 Å². The van der Waals surface area contributed by atoms with Crippen LogP contribution in [0.4, 0.5) is 0 Å². The molecule has 0 aromatic heterocycles. The van der Waals surface area contributed by atoms with E-state index < -0.39 is 0 Å². The first-order valence-electron chi connectivity index (χ1n) is 7.24. The Morgan fingerprint density at radius 2 is 2.00 bits per heavy atom. The summed E-state index contributed by atoms with van der Waals surface area (Å²) in [4.78, 5) is 11.6. The van der Waals surface area contributed by atoms with Crippen LogP contribution in [0.15, 0.2) is 0 Å². The first kappa shape index (κ1) is 15.4. The molecule has 1 fully saturated rings. The van der Waals surface area contributed by atoms with Gasteiger partial charge in [0.25, 0.3) is 0 Å². The number of carbonyl (C=O) groups is 1. The number of hydrogen-bond acceptors (Lipinski definition) is 3. The van der Waals surface area contributed by atoms with Crippen LogP contribution in [0.2, 0.25) is 0 Å². The lowest BCUT2D eigenvalue weighted by Gasteiger charge is -2.22. The van der Waals surface area contributed by atoms with Crippen molar-refractivity contribution < 1.29 is 9.53 Å². The molecule has 1 aliphatic rings. The van der Waals surface area contributed by atoms with Gasteiger partial charge in [0.2, 0.25) is 5.91 Å². The van der Waals surface area contributed by atoms with E-state index in [0.29, 0.717) is 25.2 Å². The average Bonchev–Trinajstić information content (AvgIpc) is 2.34. The first-order valence-corrected chi connectivity index (χ1v) is 7.24. The molecule has 4 nitrogen and oxygen atoms in total. The molecule has 0 aromatic carbocycles. The molecule has 1 aliphatic carbocycles. The van der Waals surface area contributed by atoms with Crippen molar-refractivity contribution >= 4 is 5.91 Å². The second kappa shape index (κ2) is 8.48. The summed E-state index contributed by atoms with van der Waals surface area (Å²) in [7, 11) is 0. The van der Waals surface area contributed by atoms with Gasteiger partial charge in [-0.05, 0) is 25.2 Å². The lowest BCUT2D eigenvalue weighted by molar-refractivity contribution is -0.123. The number of rotatable bonds is 7. The standard InChI is InChI=1S/C14H28N2O2/c1-11(2)10-13(15)14(17)16-8-9-18-12-6-4-3-5-7-12/h11-13H,3-10,15H2,1-2H3,(H,16,17)/t13-/m0/s1. The fourth-order valence-corrected chi connectivity index (χ4v) is 2.38. The summed E-state index contributed by atoms with van der Waals surface area (Å²) in [5.74, 6) is 0.389. The Morgan fingerprint density at radius 3 is 2.61 bits per heavy atom. The minimum atomic E-state index is -0.389. The first-order chi connectivity index (χ1) is 8.59. The van der Waals surface area contributed by atoms with Gasteiger partial charge in [-0.15, -0.1) is 0 Å². The highest BCUT2D eigenvalue weighted by molar-refractivity contribution is 5.81. The van der Waals surface area contributed by atoms with Crippen LogP contribution < -0.4 is 11.1 Å². The summed E-state index contributed by atoms with van der Waals surface area (Å²) < 4.78 is 5.74. The van der Waals surface area contributed by atoms with E-state index in [1.807, 2.05) is 0 Å². The van der Waals surface area contributed by atoms with E-state index in [9.17, 15) is 4.79 Å². The number of carbonyl (C=O) groups excluding carboxylic acids is 1. The molecule has 0 aromatic rings. The topological polar surface area (TPSA) is 64.4 Å². The van der Waals surface area contributed by atoms with Gasteiger partial charge in [0.05, 0.1) is 18.8 Å². The third-order valence-corrected chi connectivity index (χ3v) is 3.37. The Labute approximate surface area is 111 Å². The fourth-order valence-electron chi connectivity index (χ4n) is 2.38. The molecular formula is C14H28N2O2. The highest BCUT2D eigenvalue weighted by Gasteiger charge is 2.15. The van der Waals surface area contributed by atoms with Gasteiger partial charge < -0.3 is 15.8 Å². The van der Waals surface area contributed by atoms with Gasteiger partial charge in [-0.25, -0.2) is 0 Å². The van der Waals surface area contributed by atoms with E-state index >= 15 is 0 Å². The number of amides is 1. The average molecular weight is 256 g/mol. The van der Waals surface area contributed by atoms with Crippen LogP contribution in [-0.2, 0) is 9.53 Å². The van der Waals surface area contributed by atoms with Gasteiger partial charge in [-0.2, -0.15) is 0 Å². The Morgan fingerprint density at radius 1 is 1.33 bits per heavy atom. The Bertz CT molecular complexity index is 238. The summed E-state index contributed by atoms with van der Waals surface area (Å²) in [6, 6.07) is -0.389. The van der Waals surface area contributed by atoms with Crippen molar-refractivity contribution in [3.8, 4) is 0 Å². The minimum absolute atomic E-state index is 0.0593. The molecule has 3 N–H and O–H groups in total. The third-order valence-electron chi connectivity index (χ3n) is 3.37. The Balaban J connectivity index is 2.04. The van der Waals surface area contributed by atoms with E-state index in [0.717, 1.165) is 6.42 Å². The van der Waals surface area contributed by atoms with Crippen LogP contribution in [0, 0.1) is 5.92 Å². The van der Waals surface area contributed by atoms with Crippen LogP contribution in [0.3, 0.4) is 0 Å². The SMILES string of the molecule is CC(C)C[C@H](N)C(=O)NCCOC1CCCCC1. The molecule has 0 bridgehead atoms. The molecular weight excluding hydrogens is 228 g/mol. The van der Waals surface area contributed by atoms with Crippen molar-refractivity contribution in [2.24, 2.45) is 11.7 Å². The molecule has 106 valence electrons. The lowest BCUT2D eigenvalue weighted by atomic mass is 9.98. The maximum absolute atomic E-state index is 11.6. The predicted octanol–water partition coefficient (Wildman–Crippen LogP) is 1.83. The van der Waals surface area contributed by atoms with Crippen molar-refractivity contribution in [2.45, 2.75) is 64.5 Å². The van der Waals surface area contributed by atoms with Crippen LogP contribution in [0.25, 0.3) is 0 Å². The van der Waals surface area contributed by atoms with Crippen molar-refractivity contribution in [3.63, 3.8) is 0 Å². The highest BCUT2D eigenvalue weighted by atomic mass is 16.5. The van der Waals surface area contributed by atoms with E-state index in [4.69, 9.17) is 10.5 Å². The number of nitrogens with two attached hydrogens (primary N) is 1. The molecule has 0 radical (unpaired) electrons. The van der Waals surface area contributed by atoms with Gasteiger partial charge in [-0.3, -0.25) is 4.79 Å². The summed E-state index contributed by atoms with van der Waals surface area (Å²) in [5.41, 5.74) is 5.79. The molecule has 0 unspecified atom stereocenters. The molecule has 0 spiro atoms. The maximum atomic E-state index is 11.6. The van der Waals surface area contributed by atoms with Crippen molar-refractivity contribution in [1.82, 2.24) is 5.32 Å². The Kier molecular flexibility index (Phi) is 7.28. The van der Waals surface area contributed by atoms with Gasteiger partial charge in [0.15, 0.2) is 0 Å². The van der Waals surface area contributed by atoms with E-state index in [1.165, 1.54) is 32.1 Å². The van der Waals surface area contributed by atoms with E-state index in [2.05, 4.69) is 19.2 Å². The number of hydrogen-bond donors (Lipinski definition) is 2. The maximum Gasteiger partial charge on any atom is 0.237 e. The zero-order valence-electron chi connectivity index (χ0n) is 11.8.